The van der Waals surface area contributed by atoms with Crippen LogP contribution in [0.15, 0.2) is 6.33 Å². The Morgan fingerprint density at radius 1 is 1.44 bits per heavy atom. The maximum absolute atomic E-state index is 9.41. The predicted molar refractivity (Wildman–Crippen MR) is 76.3 cm³/mol. The second kappa shape index (κ2) is 5.63. The van der Waals surface area contributed by atoms with Crippen LogP contribution in [0, 0.1) is 0 Å². The first kappa shape index (κ1) is 13.9. The van der Waals surface area contributed by atoms with Gasteiger partial charge in [0.15, 0.2) is 0 Å². The number of thioether (sulfide) groups is 1. The molecular weight excluding hydrogens is 270 g/mol. The molecule has 18 heavy (non-hydrogen) atoms. The van der Waals surface area contributed by atoms with Crippen molar-refractivity contribution in [2.75, 3.05) is 23.7 Å². The maximum atomic E-state index is 9.41. The molecule has 0 unspecified atom stereocenters. The zero-order chi connectivity index (χ0) is 13.2. The number of anilines is 1. The molecule has 2 heterocycles. The number of halogens is 1. The summed E-state index contributed by atoms with van der Waals surface area (Å²) in [5, 5.41) is 9.75. The van der Waals surface area contributed by atoms with Gasteiger partial charge in [0.2, 0.25) is 0 Å². The van der Waals surface area contributed by atoms with E-state index in [9.17, 15) is 5.11 Å². The van der Waals surface area contributed by atoms with E-state index in [0.29, 0.717) is 15.5 Å². The van der Waals surface area contributed by atoms with Gasteiger partial charge in [-0.05, 0) is 6.42 Å². The Morgan fingerprint density at radius 2 is 2.22 bits per heavy atom. The van der Waals surface area contributed by atoms with E-state index in [1.54, 1.807) is 0 Å². The van der Waals surface area contributed by atoms with Gasteiger partial charge in [-0.15, -0.1) is 0 Å². The second-order valence-corrected chi connectivity index (χ2v) is 7.13. The van der Waals surface area contributed by atoms with E-state index in [1.807, 2.05) is 11.8 Å². The minimum Gasteiger partial charge on any atom is -0.391 e. The first-order chi connectivity index (χ1) is 8.53. The van der Waals surface area contributed by atoms with E-state index in [-0.39, 0.29) is 6.61 Å². The van der Waals surface area contributed by atoms with E-state index in [0.717, 1.165) is 31.1 Å². The van der Waals surface area contributed by atoms with Crippen molar-refractivity contribution in [1.29, 1.82) is 0 Å². The lowest BCUT2D eigenvalue weighted by Gasteiger charge is -2.24. The number of aliphatic hydroxyl groups excluding tert-OH is 1. The van der Waals surface area contributed by atoms with Crippen LogP contribution in [0.5, 0.6) is 0 Å². The van der Waals surface area contributed by atoms with Crippen molar-refractivity contribution in [2.24, 2.45) is 0 Å². The van der Waals surface area contributed by atoms with Crippen LogP contribution < -0.4 is 4.90 Å². The lowest BCUT2D eigenvalue weighted by atomic mass is 10.1. The summed E-state index contributed by atoms with van der Waals surface area (Å²) in [4.78, 5) is 10.4. The smallest absolute Gasteiger partial charge is 0.140 e. The standard InChI is InChI=1S/C12H18ClN3OS/c1-12(2)3-4-16(5-6-18-12)11-9(7-17)10(13)14-8-15-11/h8,17H,3-7H2,1-2H3. The molecule has 0 saturated carbocycles. The van der Waals surface area contributed by atoms with E-state index in [2.05, 4.69) is 28.7 Å². The normalized spacial score (nSPS) is 19.7. The fourth-order valence-electron chi connectivity index (χ4n) is 2.02. The van der Waals surface area contributed by atoms with Crippen LogP contribution in [0.2, 0.25) is 5.15 Å². The Hall–Kier alpha value is -0.520. The molecule has 1 aliphatic rings. The quantitative estimate of drug-likeness (QED) is 0.846. The van der Waals surface area contributed by atoms with Gasteiger partial charge >= 0.3 is 0 Å². The lowest BCUT2D eigenvalue weighted by molar-refractivity contribution is 0.281. The summed E-state index contributed by atoms with van der Waals surface area (Å²) in [5.41, 5.74) is 0.629. The number of nitrogens with zero attached hydrogens (tertiary/aromatic N) is 3. The molecule has 100 valence electrons. The van der Waals surface area contributed by atoms with Crippen LogP contribution in [-0.4, -0.2) is 38.7 Å². The molecule has 1 aromatic rings. The fraction of sp³-hybridized carbons (Fsp3) is 0.667. The Labute approximate surface area is 117 Å². The Morgan fingerprint density at radius 3 is 2.94 bits per heavy atom. The SMILES string of the molecule is CC1(C)CCN(c2ncnc(Cl)c2CO)CCS1. The minimum atomic E-state index is -0.123. The van der Waals surface area contributed by atoms with Gasteiger partial charge in [0.25, 0.3) is 0 Å². The van der Waals surface area contributed by atoms with Crippen LogP contribution in [-0.2, 0) is 6.61 Å². The first-order valence-electron chi connectivity index (χ1n) is 6.02. The number of aromatic nitrogens is 2. The average Bonchev–Trinajstić information content (AvgIpc) is 2.50. The molecule has 0 atom stereocenters. The number of aliphatic hydroxyl groups is 1. The van der Waals surface area contributed by atoms with E-state index in [1.165, 1.54) is 6.33 Å². The number of hydrogen-bond donors (Lipinski definition) is 1. The largest absolute Gasteiger partial charge is 0.391 e. The molecular formula is C12H18ClN3OS. The summed E-state index contributed by atoms with van der Waals surface area (Å²) in [6.07, 6.45) is 2.55. The highest BCUT2D eigenvalue weighted by atomic mass is 35.5. The number of rotatable bonds is 2. The molecule has 6 heteroatoms. The van der Waals surface area contributed by atoms with Crippen molar-refractivity contribution in [1.82, 2.24) is 9.97 Å². The third kappa shape index (κ3) is 3.08. The summed E-state index contributed by atoms with van der Waals surface area (Å²) in [5.74, 6) is 1.83. The zero-order valence-electron chi connectivity index (χ0n) is 10.7. The summed E-state index contributed by atoms with van der Waals surface area (Å²) in [6.45, 7) is 6.26. The molecule has 1 aliphatic heterocycles. The van der Waals surface area contributed by atoms with Gasteiger partial charge in [-0.1, -0.05) is 25.4 Å². The molecule has 0 amide bonds. The lowest BCUT2D eigenvalue weighted by Crippen LogP contribution is -2.29. The molecule has 0 aliphatic carbocycles. The fourth-order valence-corrected chi connectivity index (χ4v) is 3.31. The van der Waals surface area contributed by atoms with E-state index in [4.69, 9.17) is 11.6 Å². The summed E-state index contributed by atoms with van der Waals surface area (Å²) < 4.78 is 0.297. The minimum absolute atomic E-state index is 0.123. The third-order valence-electron chi connectivity index (χ3n) is 3.17. The van der Waals surface area contributed by atoms with Gasteiger partial charge in [0.05, 0.1) is 12.2 Å². The monoisotopic (exact) mass is 287 g/mol. The second-order valence-electron chi connectivity index (χ2n) is 4.97. The van der Waals surface area contributed by atoms with Crippen molar-refractivity contribution in [3.8, 4) is 0 Å². The van der Waals surface area contributed by atoms with Crippen LogP contribution in [0.1, 0.15) is 25.8 Å². The molecule has 0 spiro atoms. The first-order valence-corrected chi connectivity index (χ1v) is 7.39. The molecule has 1 aromatic heterocycles. The van der Waals surface area contributed by atoms with Gasteiger partial charge in [0, 0.05) is 23.6 Å². The highest BCUT2D eigenvalue weighted by molar-refractivity contribution is 8.00. The van der Waals surface area contributed by atoms with Gasteiger partial charge in [0.1, 0.15) is 17.3 Å². The molecule has 0 radical (unpaired) electrons. The van der Waals surface area contributed by atoms with Crippen molar-refractivity contribution in [3.05, 3.63) is 17.0 Å². The van der Waals surface area contributed by atoms with E-state index < -0.39 is 0 Å². The Balaban J connectivity index is 2.24. The highest BCUT2D eigenvalue weighted by Gasteiger charge is 2.25. The third-order valence-corrected chi connectivity index (χ3v) is 4.86. The Bertz CT molecular complexity index is 428. The summed E-state index contributed by atoms with van der Waals surface area (Å²) >= 11 is 7.98. The van der Waals surface area contributed by atoms with Crippen LogP contribution in [0.4, 0.5) is 5.82 Å². The topological polar surface area (TPSA) is 49.2 Å². The Kier molecular flexibility index (Phi) is 4.35. The molecule has 2 rings (SSSR count). The molecule has 1 N–H and O–H groups in total. The van der Waals surface area contributed by atoms with Crippen molar-refractivity contribution < 1.29 is 5.11 Å². The molecule has 1 fully saturated rings. The summed E-state index contributed by atoms with van der Waals surface area (Å²) in [7, 11) is 0. The van der Waals surface area contributed by atoms with Crippen LogP contribution in [0.3, 0.4) is 0 Å². The van der Waals surface area contributed by atoms with E-state index >= 15 is 0 Å². The van der Waals surface area contributed by atoms with Crippen molar-refractivity contribution in [3.63, 3.8) is 0 Å². The maximum Gasteiger partial charge on any atom is 0.140 e. The van der Waals surface area contributed by atoms with Crippen molar-refractivity contribution >= 4 is 29.2 Å². The van der Waals surface area contributed by atoms with Crippen LogP contribution >= 0.6 is 23.4 Å². The average molecular weight is 288 g/mol. The van der Waals surface area contributed by atoms with Crippen LogP contribution in [0.25, 0.3) is 0 Å². The predicted octanol–water partition coefficient (Wildman–Crippen LogP) is 2.34. The zero-order valence-corrected chi connectivity index (χ0v) is 12.3. The van der Waals surface area contributed by atoms with Gasteiger partial charge < -0.3 is 10.0 Å². The van der Waals surface area contributed by atoms with Gasteiger partial charge in [-0.2, -0.15) is 11.8 Å². The van der Waals surface area contributed by atoms with Gasteiger partial charge in [-0.3, -0.25) is 0 Å². The summed E-state index contributed by atoms with van der Waals surface area (Å²) in [6, 6.07) is 0. The molecule has 0 bridgehead atoms. The molecule has 4 nitrogen and oxygen atoms in total. The highest BCUT2D eigenvalue weighted by Crippen LogP contribution is 2.33. The number of hydrogen-bond acceptors (Lipinski definition) is 5. The van der Waals surface area contributed by atoms with Crippen molar-refractivity contribution in [2.45, 2.75) is 31.6 Å². The molecule has 1 saturated heterocycles. The molecule has 0 aromatic carbocycles. The van der Waals surface area contributed by atoms with Gasteiger partial charge in [-0.25, -0.2) is 9.97 Å².